The van der Waals surface area contributed by atoms with Crippen LogP contribution in [0.25, 0.3) is 28.2 Å². The second-order valence-corrected chi connectivity index (χ2v) is 6.06. The number of nitrogens with zero attached hydrogens (tertiary/aromatic N) is 1. The number of para-hydroxylation sites is 1. The van der Waals surface area contributed by atoms with Crippen molar-refractivity contribution in [1.82, 2.24) is 4.57 Å². The minimum atomic E-state index is -0.291. The summed E-state index contributed by atoms with van der Waals surface area (Å²) in [5.74, 6) is -0.291. The van der Waals surface area contributed by atoms with Crippen LogP contribution in [0, 0.1) is 0 Å². The molecule has 25 heavy (non-hydrogen) atoms. The fourth-order valence-corrected chi connectivity index (χ4v) is 3.05. The molecule has 3 heteroatoms. The molecule has 0 bridgehead atoms. The number of carbonyl (C=O) groups is 1. The lowest BCUT2D eigenvalue weighted by Gasteiger charge is -2.06. The van der Waals surface area contributed by atoms with E-state index >= 15 is 0 Å². The summed E-state index contributed by atoms with van der Waals surface area (Å²) >= 11 is 0. The average molecular weight is 333 g/mol. The van der Waals surface area contributed by atoms with Gasteiger partial charge in [0.15, 0.2) is 0 Å². The van der Waals surface area contributed by atoms with E-state index in [1.54, 1.807) is 0 Å². The largest absolute Gasteiger partial charge is 0.463 e. The van der Waals surface area contributed by atoms with Gasteiger partial charge in [0.25, 0.3) is 0 Å². The molecule has 0 saturated heterocycles. The van der Waals surface area contributed by atoms with E-state index in [0.717, 1.165) is 40.6 Å². The molecule has 0 aliphatic carbocycles. The van der Waals surface area contributed by atoms with E-state index in [9.17, 15) is 4.79 Å². The average Bonchev–Trinajstić information content (AvgIpc) is 2.93. The molecule has 0 atom stereocenters. The van der Waals surface area contributed by atoms with E-state index in [1.165, 1.54) is 6.08 Å². The van der Waals surface area contributed by atoms with Gasteiger partial charge in [-0.3, -0.25) is 0 Å². The predicted octanol–water partition coefficient (Wildman–Crippen LogP) is 5.20. The Bertz CT molecular complexity index is 891. The van der Waals surface area contributed by atoms with Crippen LogP contribution < -0.4 is 0 Å². The van der Waals surface area contributed by atoms with E-state index in [4.69, 9.17) is 4.74 Å². The fourth-order valence-electron chi connectivity index (χ4n) is 3.05. The van der Waals surface area contributed by atoms with Crippen LogP contribution in [0.2, 0.25) is 0 Å². The lowest BCUT2D eigenvalue weighted by Crippen LogP contribution is -2.01. The third-order valence-electron chi connectivity index (χ3n) is 4.32. The Kier molecular flexibility index (Phi) is 5.34. The highest BCUT2D eigenvalue weighted by atomic mass is 16.5. The van der Waals surface area contributed by atoms with Crippen molar-refractivity contribution in [1.29, 1.82) is 0 Å². The van der Waals surface area contributed by atoms with Gasteiger partial charge in [-0.05, 0) is 24.1 Å². The Morgan fingerprint density at radius 2 is 1.80 bits per heavy atom. The Balaban J connectivity index is 2.03. The van der Waals surface area contributed by atoms with Crippen LogP contribution >= 0.6 is 0 Å². The second kappa shape index (κ2) is 7.84. The molecule has 0 aliphatic heterocycles. The third-order valence-corrected chi connectivity index (χ3v) is 4.32. The molecule has 128 valence electrons. The Labute approximate surface area is 148 Å². The number of rotatable bonds is 6. The molecule has 3 aromatic rings. The summed E-state index contributed by atoms with van der Waals surface area (Å²) in [7, 11) is 2.06. The Hall–Kier alpha value is -2.81. The summed E-state index contributed by atoms with van der Waals surface area (Å²) in [6.45, 7) is 2.55. The molecule has 1 heterocycles. The molecule has 0 aliphatic rings. The van der Waals surface area contributed by atoms with Crippen LogP contribution in [-0.2, 0) is 16.6 Å². The molecular formula is C22H23NO2. The van der Waals surface area contributed by atoms with Crippen molar-refractivity contribution in [3.05, 3.63) is 66.2 Å². The summed E-state index contributed by atoms with van der Waals surface area (Å²) in [5.41, 5.74) is 4.40. The molecule has 0 unspecified atom stereocenters. The first-order chi connectivity index (χ1) is 12.2. The number of unbranched alkanes of at least 4 members (excludes halogenated alkanes) is 1. The number of aromatic nitrogens is 1. The van der Waals surface area contributed by atoms with Crippen molar-refractivity contribution < 1.29 is 9.53 Å². The van der Waals surface area contributed by atoms with Gasteiger partial charge in [0.2, 0.25) is 0 Å². The smallest absolute Gasteiger partial charge is 0.330 e. The van der Waals surface area contributed by atoms with Crippen LogP contribution in [0.5, 0.6) is 0 Å². The minimum absolute atomic E-state index is 0.291. The number of carbonyl (C=O) groups excluding carboxylic acids is 1. The first kappa shape index (κ1) is 17.0. The van der Waals surface area contributed by atoms with Crippen molar-refractivity contribution in [3.8, 4) is 11.3 Å². The molecule has 0 N–H and O–H groups in total. The molecule has 3 rings (SSSR count). The van der Waals surface area contributed by atoms with E-state index in [0.29, 0.717) is 6.61 Å². The van der Waals surface area contributed by atoms with Crippen molar-refractivity contribution in [2.75, 3.05) is 6.61 Å². The van der Waals surface area contributed by atoms with Gasteiger partial charge in [-0.1, -0.05) is 61.9 Å². The van der Waals surface area contributed by atoms with E-state index < -0.39 is 0 Å². The highest BCUT2D eigenvalue weighted by Gasteiger charge is 2.14. The molecule has 1 aromatic heterocycles. The lowest BCUT2D eigenvalue weighted by atomic mass is 10.0. The lowest BCUT2D eigenvalue weighted by molar-refractivity contribution is -0.137. The molecule has 0 saturated carbocycles. The van der Waals surface area contributed by atoms with Crippen LogP contribution in [0.1, 0.15) is 25.3 Å². The predicted molar refractivity (Wildman–Crippen MR) is 103 cm³/mol. The van der Waals surface area contributed by atoms with Crippen molar-refractivity contribution in [3.63, 3.8) is 0 Å². The van der Waals surface area contributed by atoms with Gasteiger partial charge in [-0.25, -0.2) is 4.79 Å². The number of ether oxygens (including phenoxy) is 1. The Morgan fingerprint density at radius 3 is 2.56 bits per heavy atom. The molecule has 0 spiro atoms. The first-order valence-electron chi connectivity index (χ1n) is 8.70. The van der Waals surface area contributed by atoms with Gasteiger partial charge in [-0.15, -0.1) is 0 Å². The number of esters is 1. The second-order valence-electron chi connectivity index (χ2n) is 6.06. The quantitative estimate of drug-likeness (QED) is 0.352. The summed E-state index contributed by atoms with van der Waals surface area (Å²) < 4.78 is 7.41. The van der Waals surface area contributed by atoms with E-state index in [2.05, 4.69) is 42.8 Å². The van der Waals surface area contributed by atoms with E-state index in [1.807, 2.05) is 36.4 Å². The SMILES string of the molecule is CCCCOC(=O)C=Cc1c(-c2ccccc2)n(C)c2ccccc12. The van der Waals surface area contributed by atoms with Gasteiger partial charge in [0.05, 0.1) is 12.3 Å². The van der Waals surface area contributed by atoms with Crippen LogP contribution in [0.3, 0.4) is 0 Å². The highest BCUT2D eigenvalue weighted by molar-refractivity contribution is 6.00. The summed E-state index contributed by atoms with van der Waals surface area (Å²) in [6, 6.07) is 18.5. The van der Waals surface area contributed by atoms with Gasteiger partial charge in [0.1, 0.15) is 0 Å². The van der Waals surface area contributed by atoms with Crippen molar-refractivity contribution >= 4 is 22.9 Å². The number of fused-ring (bicyclic) bond motifs is 1. The topological polar surface area (TPSA) is 31.2 Å². The highest BCUT2D eigenvalue weighted by Crippen LogP contribution is 2.33. The monoisotopic (exact) mass is 333 g/mol. The molecule has 3 nitrogen and oxygen atoms in total. The number of hydrogen-bond acceptors (Lipinski definition) is 2. The first-order valence-corrected chi connectivity index (χ1v) is 8.70. The van der Waals surface area contributed by atoms with Gasteiger partial charge in [-0.2, -0.15) is 0 Å². The van der Waals surface area contributed by atoms with Gasteiger partial charge >= 0.3 is 5.97 Å². The molecule has 0 amide bonds. The zero-order valence-corrected chi connectivity index (χ0v) is 14.7. The minimum Gasteiger partial charge on any atom is -0.463 e. The zero-order chi connectivity index (χ0) is 17.6. The van der Waals surface area contributed by atoms with Crippen LogP contribution in [0.4, 0.5) is 0 Å². The van der Waals surface area contributed by atoms with Crippen molar-refractivity contribution in [2.45, 2.75) is 19.8 Å². The molecule has 0 fully saturated rings. The molecule has 2 aromatic carbocycles. The molecule has 0 radical (unpaired) electrons. The van der Waals surface area contributed by atoms with Gasteiger partial charge < -0.3 is 9.30 Å². The summed E-state index contributed by atoms with van der Waals surface area (Å²) in [4.78, 5) is 12.0. The fraction of sp³-hybridized carbons (Fsp3) is 0.227. The number of hydrogen-bond donors (Lipinski definition) is 0. The summed E-state index contributed by atoms with van der Waals surface area (Å²) in [5, 5.41) is 1.13. The van der Waals surface area contributed by atoms with Gasteiger partial charge in [0, 0.05) is 29.6 Å². The standard InChI is InChI=1S/C22H23NO2/c1-3-4-16-25-21(24)15-14-19-18-12-8-9-13-20(18)23(2)22(19)17-10-6-5-7-11-17/h5-15H,3-4,16H2,1-2H3. The van der Waals surface area contributed by atoms with Crippen molar-refractivity contribution in [2.24, 2.45) is 7.05 Å². The van der Waals surface area contributed by atoms with Crippen LogP contribution in [0.15, 0.2) is 60.7 Å². The molecular weight excluding hydrogens is 310 g/mol. The third kappa shape index (κ3) is 3.66. The Morgan fingerprint density at radius 1 is 1.08 bits per heavy atom. The number of benzene rings is 2. The normalized spacial score (nSPS) is 11.3. The summed E-state index contributed by atoms with van der Waals surface area (Å²) in [6.07, 6.45) is 5.31. The number of aryl methyl sites for hydroxylation is 1. The maximum atomic E-state index is 12.0. The van der Waals surface area contributed by atoms with E-state index in [-0.39, 0.29) is 5.97 Å². The van der Waals surface area contributed by atoms with Crippen LogP contribution in [-0.4, -0.2) is 17.1 Å². The maximum absolute atomic E-state index is 12.0. The zero-order valence-electron chi connectivity index (χ0n) is 14.7. The maximum Gasteiger partial charge on any atom is 0.330 e.